The molecule has 2 N–H and O–H groups in total. The summed E-state index contributed by atoms with van der Waals surface area (Å²) in [6, 6.07) is 9.56. The number of nitrogens with zero attached hydrogens (tertiary/aromatic N) is 3. The van der Waals surface area contributed by atoms with Crippen LogP contribution in [0.1, 0.15) is 28.9 Å². The van der Waals surface area contributed by atoms with Gasteiger partial charge in [0.15, 0.2) is 10.8 Å². The monoisotopic (exact) mass is 357 g/mol. The number of para-hydroxylation sites is 1. The van der Waals surface area contributed by atoms with Crippen LogP contribution in [0.25, 0.3) is 5.65 Å². The van der Waals surface area contributed by atoms with Crippen molar-refractivity contribution in [3.63, 3.8) is 0 Å². The average Bonchev–Trinajstić information content (AvgIpc) is 2.93. The number of anilines is 1. The van der Waals surface area contributed by atoms with Gasteiger partial charge < -0.3 is 15.4 Å². The van der Waals surface area contributed by atoms with Crippen molar-refractivity contribution in [2.45, 2.75) is 13.0 Å². The smallest absolute Gasteiger partial charge is 0.258 e. The van der Waals surface area contributed by atoms with Crippen LogP contribution in [0.2, 0.25) is 5.15 Å². The Morgan fingerprint density at radius 1 is 1.32 bits per heavy atom. The molecule has 128 valence electrons. The third-order valence-electron chi connectivity index (χ3n) is 4.06. The zero-order valence-corrected chi connectivity index (χ0v) is 14.2. The number of fused-ring (bicyclic) bond motifs is 2. The van der Waals surface area contributed by atoms with Crippen LogP contribution in [-0.4, -0.2) is 33.7 Å². The molecular weight excluding hydrogens is 342 g/mol. The Bertz CT molecular complexity index is 955. The molecule has 2 aromatic heterocycles. The number of carbonyl (C=O) groups excluding carboxylic acids is 1. The van der Waals surface area contributed by atoms with Crippen molar-refractivity contribution in [2.75, 3.05) is 18.5 Å². The van der Waals surface area contributed by atoms with Crippen LogP contribution in [0, 0.1) is 0 Å². The predicted octanol–water partition coefficient (Wildman–Crippen LogP) is 2.68. The third kappa shape index (κ3) is 2.87. The number of hydrogen-bond acceptors (Lipinski definition) is 5. The van der Waals surface area contributed by atoms with Gasteiger partial charge in [0.05, 0.1) is 12.6 Å². The minimum atomic E-state index is -0.325. The molecule has 8 heteroatoms. The van der Waals surface area contributed by atoms with Gasteiger partial charge in [-0.3, -0.25) is 4.79 Å². The maximum absolute atomic E-state index is 12.5. The molecule has 1 aromatic carbocycles. The highest BCUT2D eigenvalue weighted by Gasteiger charge is 2.21. The lowest BCUT2D eigenvalue weighted by Gasteiger charge is -2.18. The molecule has 1 aliphatic heterocycles. The summed E-state index contributed by atoms with van der Waals surface area (Å²) in [6.07, 6.45) is 1.72. The van der Waals surface area contributed by atoms with Crippen LogP contribution >= 0.6 is 11.6 Å². The highest BCUT2D eigenvalue weighted by Crippen LogP contribution is 2.28. The van der Waals surface area contributed by atoms with E-state index in [0.717, 1.165) is 11.3 Å². The van der Waals surface area contributed by atoms with Gasteiger partial charge in [-0.25, -0.2) is 9.50 Å². The van der Waals surface area contributed by atoms with Gasteiger partial charge in [0, 0.05) is 11.8 Å². The van der Waals surface area contributed by atoms with E-state index in [1.165, 1.54) is 4.52 Å². The first kappa shape index (κ1) is 15.7. The summed E-state index contributed by atoms with van der Waals surface area (Å²) in [6.45, 7) is 2.73. The fraction of sp³-hybridized carbons (Fsp3) is 0.235. The number of halogens is 1. The second kappa shape index (κ2) is 6.25. The zero-order chi connectivity index (χ0) is 17.4. The number of aromatic nitrogens is 3. The Balaban J connectivity index is 1.82. The Morgan fingerprint density at radius 2 is 2.16 bits per heavy atom. The highest BCUT2D eigenvalue weighted by molar-refractivity contribution is 6.33. The normalized spacial score (nSPS) is 17.5. The van der Waals surface area contributed by atoms with E-state index in [4.69, 9.17) is 16.3 Å². The first-order valence-electron chi connectivity index (χ1n) is 7.95. The Kier molecular flexibility index (Phi) is 3.93. The van der Waals surface area contributed by atoms with Gasteiger partial charge in [0.1, 0.15) is 23.7 Å². The summed E-state index contributed by atoms with van der Waals surface area (Å²) in [5, 5.41) is 10.4. The van der Waals surface area contributed by atoms with Crippen LogP contribution in [0.3, 0.4) is 0 Å². The molecule has 0 saturated heterocycles. The molecule has 0 spiro atoms. The molecule has 0 aliphatic carbocycles. The van der Waals surface area contributed by atoms with Gasteiger partial charge in [0.2, 0.25) is 0 Å². The van der Waals surface area contributed by atoms with Crippen molar-refractivity contribution >= 4 is 29.0 Å². The Hall–Kier alpha value is -2.80. The van der Waals surface area contributed by atoms with Gasteiger partial charge >= 0.3 is 0 Å². The SMILES string of the molecule is CC1Nc2ccn3nc(Cl)c(c3n2)C(=O)NCCOc2ccccc21. The van der Waals surface area contributed by atoms with Crippen molar-refractivity contribution in [2.24, 2.45) is 0 Å². The summed E-state index contributed by atoms with van der Waals surface area (Å²) in [4.78, 5) is 17.0. The third-order valence-corrected chi connectivity index (χ3v) is 4.33. The summed E-state index contributed by atoms with van der Waals surface area (Å²) in [7, 11) is 0. The molecular formula is C17H16ClN5O2. The second-order valence-electron chi connectivity index (χ2n) is 5.75. The van der Waals surface area contributed by atoms with E-state index in [1.807, 2.05) is 31.2 Å². The molecule has 0 radical (unpaired) electrons. The van der Waals surface area contributed by atoms with Crippen molar-refractivity contribution in [1.29, 1.82) is 0 Å². The quantitative estimate of drug-likeness (QED) is 0.646. The van der Waals surface area contributed by atoms with Gasteiger partial charge in [-0.1, -0.05) is 29.8 Å². The summed E-state index contributed by atoms with van der Waals surface area (Å²) >= 11 is 6.13. The molecule has 1 amide bonds. The van der Waals surface area contributed by atoms with Gasteiger partial charge in [-0.2, -0.15) is 5.10 Å². The van der Waals surface area contributed by atoms with Crippen molar-refractivity contribution < 1.29 is 9.53 Å². The molecule has 1 unspecified atom stereocenters. The van der Waals surface area contributed by atoms with Gasteiger partial charge in [-0.05, 0) is 19.1 Å². The molecule has 1 atom stereocenters. The molecule has 3 heterocycles. The van der Waals surface area contributed by atoms with Crippen LogP contribution in [0.15, 0.2) is 36.5 Å². The van der Waals surface area contributed by atoms with E-state index < -0.39 is 0 Å². The molecule has 0 fully saturated rings. The Labute approximate surface area is 149 Å². The maximum atomic E-state index is 12.5. The molecule has 1 aliphatic rings. The maximum Gasteiger partial charge on any atom is 0.258 e. The zero-order valence-electron chi connectivity index (χ0n) is 13.5. The number of hydrogen-bond donors (Lipinski definition) is 2. The minimum absolute atomic E-state index is 0.0302. The first-order chi connectivity index (χ1) is 12.1. The van der Waals surface area contributed by atoms with E-state index in [1.54, 1.807) is 12.3 Å². The van der Waals surface area contributed by atoms with Crippen molar-refractivity contribution in [3.05, 3.63) is 52.8 Å². The lowest BCUT2D eigenvalue weighted by Crippen LogP contribution is -2.28. The number of nitrogens with one attached hydrogen (secondary N) is 2. The second-order valence-corrected chi connectivity index (χ2v) is 6.11. The van der Waals surface area contributed by atoms with Gasteiger partial charge in [-0.15, -0.1) is 0 Å². The molecule has 0 saturated carbocycles. The summed E-state index contributed by atoms with van der Waals surface area (Å²) in [5.41, 5.74) is 1.68. The fourth-order valence-corrected chi connectivity index (χ4v) is 3.11. The molecule has 7 nitrogen and oxygen atoms in total. The molecule has 25 heavy (non-hydrogen) atoms. The lowest BCUT2D eigenvalue weighted by molar-refractivity contribution is 0.0948. The highest BCUT2D eigenvalue weighted by atomic mass is 35.5. The van der Waals surface area contributed by atoms with Crippen LogP contribution < -0.4 is 15.4 Å². The number of carbonyl (C=O) groups is 1. The predicted molar refractivity (Wildman–Crippen MR) is 94.3 cm³/mol. The first-order valence-corrected chi connectivity index (χ1v) is 8.32. The number of amides is 1. The summed E-state index contributed by atoms with van der Waals surface area (Å²) in [5.74, 6) is 1.08. The molecule has 2 bridgehead atoms. The largest absolute Gasteiger partial charge is 0.491 e. The minimum Gasteiger partial charge on any atom is -0.491 e. The molecule has 3 aromatic rings. The number of rotatable bonds is 0. The van der Waals surface area contributed by atoms with E-state index in [-0.39, 0.29) is 22.7 Å². The lowest BCUT2D eigenvalue weighted by atomic mass is 10.1. The van der Waals surface area contributed by atoms with Gasteiger partial charge in [0.25, 0.3) is 5.91 Å². The van der Waals surface area contributed by atoms with Crippen molar-refractivity contribution in [1.82, 2.24) is 19.9 Å². The van der Waals surface area contributed by atoms with Crippen LogP contribution in [0.5, 0.6) is 5.75 Å². The molecule has 4 rings (SSSR count). The van der Waals surface area contributed by atoms with Crippen LogP contribution in [-0.2, 0) is 0 Å². The van der Waals surface area contributed by atoms with Crippen LogP contribution in [0.4, 0.5) is 5.82 Å². The standard InChI is InChI=1S/C17H16ClN5O2/c1-10-11-4-2-3-5-12(11)25-9-7-19-17(24)14-15(18)22-23-8-6-13(20-10)21-16(14)23/h2-6,8,10H,7,9H2,1H3,(H,19,24)(H,20,21). The average molecular weight is 358 g/mol. The topological polar surface area (TPSA) is 80.5 Å². The van der Waals surface area contributed by atoms with Crippen molar-refractivity contribution in [3.8, 4) is 5.75 Å². The Morgan fingerprint density at radius 3 is 3.04 bits per heavy atom. The fourth-order valence-electron chi connectivity index (χ4n) is 2.86. The summed E-state index contributed by atoms with van der Waals surface area (Å²) < 4.78 is 7.33. The van der Waals surface area contributed by atoms with E-state index in [2.05, 4.69) is 20.7 Å². The van der Waals surface area contributed by atoms with E-state index in [0.29, 0.717) is 24.6 Å². The number of benzene rings is 1. The van der Waals surface area contributed by atoms with E-state index >= 15 is 0 Å². The van der Waals surface area contributed by atoms with E-state index in [9.17, 15) is 4.79 Å². The number of ether oxygens (including phenoxy) is 1.